The van der Waals surface area contributed by atoms with Gasteiger partial charge in [0, 0.05) is 11.3 Å². The van der Waals surface area contributed by atoms with Gasteiger partial charge in [-0.05, 0) is 12.5 Å². The van der Waals surface area contributed by atoms with Gasteiger partial charge < -0.3 is 10.1 Å². The molecule has 0 bridgehead atoms. The van der Waals surface area contributed by atoms with Gasteiger partial charge in [0.15, 0.2) is 5.78 Å². The number of aromatic nitrogens is 1. The molecule has 0 aliphatic heterocycles. The Labute approximate surface area is 86.0 Å². The number of aryl methyl sites for hydroxylation is 1. The Bertz CT molecular complexity index is 482. The minimum absolute atomic E-state index is 0.121. The summed E-state index contributed by atoms with van der Waals surface area (Å²) >= 11 is 0. The van der Waals surface area contributed by atoms with Gasteiger partial charge in [-0.25, -0.2) is 0 Å². The number of aliphatic hydroxyl groups excluding tert-OH is 1. The third-order valence-electron chi connectivity index (χ3n) is 2.04. The molecule has 0 aliphatic rings. The molecule has 0 unspecified atom stereocenters. The van der Waals surface area contributed by atoms with Crippen LogP contribution in [0.5, 0.6) is 0 Å². The molecule has 0 saturated heterocycles. The van der Waals surface area contributed by atoms with E-state index >= 15 is 0 Å². The number of nitrogens with zero attached hydrogens (tertiary/aromatic N) is 1. The molecule has 1 aromatic heterocycles. The SMILES string of the molecule is CCc1[nH]c(=O)c(C#N)cc1C(=O)CO. The zero-order chi connectivity index (χ0) is 11.4. The molecule has 1 heterocycles. The van der Waals surface area contributed by atoms with E-state index in [1.54, 1.807) is 13.0 Å². The van der Waals surface area contributed by atoms with E-state index < -0.39 is 17.9 Å². The maximum atomic E-state index is 11.3. The van der Waals surface area contributed by atoms with Gasteiger partial charge in [0.25, 0.3) is 5.56 Å². The summed E-state index contributed by atoms with van der Waals surface area (Å²) in [5, 5.41) is 17.3. The van der Waals surface area contributed by atoms with Crippen LogP contribution in [0.3, 0.4) is 0 Å². The first-order chi connectivity index (χ1) is 7.13. The van der Waals surface area contributed by atoms with Crippen LogP contribution in [0.15, 0.2) is 10.9 Å². The smallest absolute Gasteiger partial charge is 0.266 e. The normalized spacial score (nSPS) is 9.67. The number of rotatable bonds is 3. The maximum absolute atomic E-state index is 11.3. The fourth-order valence-corrected chi connectivity index (χ4v) is 1.26. The molecule has 0 aliphatic carbocycles. The van der Waals surface area contributed by atoms with Crippen LogP contribution in [0.1, 0.15) is 28.5 Å². The summed E-state index contributed by atoms with van der Waals surface area (Å²) in [6.45, 7) is 1.13. The number of pyridine rings is 1. The first kappa shape index (κ1) is 11.1. The quantitative estimate of drug-likeness (QED) is 0.680. The Morgan fingerprint density at radius 3 is 2.80 bits per heavy atom. The fraction of sp³-hybridized carbons (Fsp3) is 0.300. The lowest BCUT2D eigenvalue weighted by Gasteiger charge is -2.04. The van der Waals surface area contributed by atoms with E-state index in [2.05, 4.69) is 4.98 Å². The molecule has 0 aromatic carbocycles. The van der Waals surface area contributed by atoms with Gasteiger partial charge in [-0.2, -0.15) is 5.26 Å². The van der Waals surface area contributed by atoms with Crippen molar-refractivity contribution in [3.05, 3.63) is 33.2 Å². The van der Waals surface area contributed by atoms with Crippen LogP contribution >= 0.6 is 0 Å². The summed E-state index contributed by atoms with van der Waals surface area (Å²) in [6.07, 6.45) is 0.460. The summed E-state index contributed by atoms with van der Waals surface area (Å²) in [5.41, 5.74) is 0.0158. The minimum atomic E-state index is -0.635. The summed E-state index contributed by atoms with van der Waals surface area (Å²) in [7, 11) is 0. The predicted molar refractivity (Wildman–Crippen MR) is 52.6 cm³/mol. The summed E-state index contributed by atoms with van der Waals surface area (Å²) in [4.78, 5) is 25.0. The second-order valence-electron chi connectivity index (χ2n) is 2.95. The van der Waals surface area contributed by atoms with Gasteiger partial charge >= 0.3 is 0 Å². The second kappa shape index (κ2) is 4.53. The van der Waals surface area contributed by atoms with E-state index in [1.165, 1.54) is 6.07 Å². The van der Waals surface area contributed by atoms with Crippen molar-refractivity contribution in [2.75, 3.05) is 6.61 Å². The van der Waals surface area contributed by atoms with Crippen LogP contribution in [-0.2, 0) is 6.42 Å². The van der Waals surface area contributed by atoms with Crippen molar-refractivity contribution in [3.63, 3.8) is 0 Å². The molecule has 0 saturated carbocycles. The number of aliphatic hydroxyl groups is 1. The number of hydrogen-bond acceptors (Lipinski definition) is 4. The number of carbonyl (C=O) groups is 1. The van der Waals surface area contributed by atoms with Gasteiger partial charge in [0.05, 0.1) is 0 Å². The number of carbonyl (C=O) groups excluding carboxylic acids is 1. The molecule has 1 aromatic rings. The van der Waals surface area contributed by atoms with Crippen molar-refractivity contribution in [1.82, 2.24) is 4.98 Å². The average Bonchev–Trinajstić information content (AvgIpc) is 2.27. The first-order valence-corrected chi connectivity index (χ1v) is 4.44. The van der Waals surface area contributed by atoms with Crippen LogP contribution in [0.4, 0.5) is 0 Å². The summed E-state index contributed by atoms with van der Waals surface area (Å²) < 4.78 is 0. The van der Waals surface area contributed by atoms with Crippen molar-refractivity contribution >= 4 is 5.78 Å². The molecule has 0 fully saturated rings. The molecule has 5 nitrogen and oxygen atoms in total. The van der Waals surface area contributed by atoms with E-state index in [-0.39, 0.29) is 11.1 Å². The zero-order valence-corrected chi connectivity index (χ0v) is 8.20. The largest absolute Gasteiger partial charge is 0.388 e. The molecule has 0 amide bonds. The van der Waals surface area contributed by atoms with Crippen LogP contribution in [0, 0.1) is 11.3 Å². The highest BCUT2D eigenvalue weighted by atomic mass is 16.3. The molecule has 5 heteroatoms. The van der Waals surface area contributed by atoms with Gasteiger partial charge in [0.2, 0.25) is 0 Å². The number of hydrogen-bond donors (Lipinski definition) is 2. The number of H-pyrrole nitrogens is 1. The summed E-state index contributed by atoms with van der Waals surface area (Å²) in [5.74, 6) is -0.500. The maximum Gasteiger partial charge on any atom is 0.266 e. The lowest BCUT2D eigenvalue weighted by Crippen LogP contribution is -2.18. The molecule has 2 N–H and O–H groups in total. The van der Waals surface area contributed by atoms with E-state index in [0.717, 1.165) is 0 Å². The Morgan fingerprint density at radius 2 is 2.33 bits per heavy atom. The minimum Gasteiger partial charge on any atom is -0.388 e. The molecule has 0 radical (unpaired) electrons. The number of aromatic amines is 1. The highest BCUT2D eigenvalue weighted by Gasteiger charge is 2.13. The molecule has 1 rings (SSSR count). The second-order valence-corrected chi connectivity index (χ2v) is 2.95. The molecule has 0 spiro atoms. The average molecular weight is 206 g/mol. The monoisotopic (exact) mass is 206 g/mol. The van der Waals surface area contributed by atoms with Crippen LogP contribution in [0.2, 0.25) is 0 Å². The standard InChI is InChI=1S/C10H10N2O3/c1-2-8-7(9(14)5-13)3-6(4-11)10(15)12-8/h3,13H,2,5H2,1H3,(H,12,15). The molecule has 78 valence electrons. The number of nitriles is 1. The van der Waals surface area contributed by atoms with Crippen molar-refractivity contribution in [2.45, 2.75) is 13.3 Å². The number of Topliss-reactive ketones (excluding diaryl/α,β-unsaturated/α-hetero) is 1. The third kappa shape index (κ3) is 2.11. The van der Waals surface area contributed by atoms with Crippen molar-refractivity contribution < 1.29 is 9.90 Å². The number of ketones is 1. The van der Waals surface area contributed by atoms with Crippen LogP contribution in [0.25, 0.3) is 0 Å². The van der Waals surface area contributed by atoms with Crippen LogP contribution in [-0.4, -0.2) is 22.5 Å². The van der Waals surface area contributed by atoms with Crippen molar-refractivity contribution in [1.29, 1.82) is 5.26 Å². The highest BCUT2D eigenvalue weighted by molar-refractivity contribution is 5.98. The van der Waals surface area contributed by atoms with Gasteiger partial charge in [-0.15, -0.1) is 0 Å². The number of nitrogens with one attached hydrogen (secondary N) is 1. The van der Waals surface area contributed by atoms with Crippen molar-refractivity contribution in [3.8, 4) is 6.07 Å². The zero-order valence-electron chi connectivity index (χ0n) is 8.20. The van der Waals surface area contributed by atoms with Crippen LogP contribution < -0.4 is 5.56 Å². The van der Waals surface area contributed by atoms with E-state index in [4.69, 9.17) is 10.4 Å². The third-order valence-corrected chi connectivity index (χ3v) is 2.04. The molecule has 15 heavy (non-hydrogen) atoms. The Kier molecular flexibility index (Phi) is 3.37. The molecular weight excluding hydrogens is 196 g/mol. The summed E-state index contributed by atoms with van der Waals surface area (Å²) in [6, 6.07) is 2.91. The topological polar surface area (TPSA) is 94.0 Å². The lowest BCUT2D eigenvalue weighted by atomic mass is 10.1. The van der Waals surface area contributed by atoms with Crippen molar-refractivity contribution in [2.24, 2.45) is 0 Å². The van der Waals surface area contributed by atoms with Gasteiger partial charge in [-0.3, -0.25) is 9.59 Å². The predicted octanol–water partition coefficient (Wildman–Crippen LogP) is -0.0160. The van der Waals surface area contributed by atoms with Gasteiger partial charge in [0.1, 0.15) is 18.2 Å². The Hall–Kier alpha value is -1.93. The van der Waals surface area contributed by atoms with E-state index in [9.17, 15) is 9.59 Å². The lowest BCUT2D eigenvalue weighted by molar-refractivity contribution is 0.0902. The Balaban J connectivity index is 3.43. The fourth-order valence-electron chi connectivity index (χ4n) is 1.26. The first-order valence-electron chi connectivity index (χ1n) is 4.44. The van der Waals surface area contributed by atoms with E-state index in [0.29, 0.717) is 12.1 Å². The molecule has 0 atom stereocenters. The van der Waals surface area contributed by atoms with Gasteiger partial charge in [-0.1, -0.05) is 6.92 Å². The highest BCUT2D eigenvalue weighted by Crippen LogP contribution is 2.07. The van der Waals surface area contributed by atoms with E-state index in [1.807, 2.05) is 0 Å². The Morgan fingerprint density at radius 1 is 1.67 bits per heavy atom. The molecular formula is C10H10N2O3.